The minimum Gasteiger partial charge on any atom is -0.453 e. The Labute approximate surface area is 164 Å². The lowest BCUT2D eigenvalue weighted by atomic mass is 10.1. The summed E-state index contributed by atoms with van der Waals surface area (Å²) in [7, 11) is 0. The second-order valence-electron chi connectivity index (χ2n) is 6.90. The van der Waals surface area contributed by atoms with Gasteiger partial charge in [0.05, 0.1) is 17.2 Å². The Morgan fingerprint density at radius 3 is 2.43 bits per heavy atom. The van der Waals surface area contributed by atoms with Crippen LogP contribution in [-0.2, 0) is 4.74 Å². The number of hydrogen-bond acceptors (Lipinski definition) is 4. The van der Waals surface area contributed by atoms with E-state index in [0.29, 0.717) is 16.1 Å². The van der Waals surface area contributed by atoms with Crippen molar-refractivity contribution in [2.45, 2.75) is 26.1 Å². The first-order chi connectivity index (χ1) is 13.3. The fourth-order valence-electron chi connectivity index (χ4n) is 3.47. The molecule has 1 amide bonds. The van der Waals surface area contributed by atoms with Gasteiger partial charge in [0.15, 0.2) is 5.58 Å². The molecule has 2 atom stereocenters. The largest absolute Gasteiger partial charge is 0.453 e. The third-order valence-corrected chi connectivity index (χ3v) is 4.91. The lowest BCUT2D eigenvalue weighted by Crippen LogP contribution is -2.48. The summed E-state index contributed by atoms with van der Waals surface area (Å²) in [5, 5.41) is 0.347. The highest BCUT2D eigenvalue weighted by Crippen LogP contribution is 2.32. The van der Waals surface area contributed by atoms with Crippen LogP contribution in [0.2, 0.25) is 5.02 Å². The Kier molecular flexibility index (Phi) is 4.81. The summed E-state index contributed by atoms with van der Waals surface area (Å²) in [5.74, 6) is -2.39. The molecule has 0 bridgehead atoms. The molecule has 3 aromatic rings. The molecule has 0 saturated carbocycles. The van der Waals surface area contributed by atoms with Crippen LogP contribution < -0.4 is 0 Å². The van der Waals surface area contributed by atoms with Crippen molar-refractivity contribution in [3.05, 3.63) is 52.7 Å². The monoisotopic (exact) mass is 406 g/mol. The zero-order valence-electron chi connectivity index (χ0n) is 15.2. The minimum absolute atomic E-state index is 0.157. The van der Waals surface area contributed by atoms with Gasteiger partial charge >= 0.3 is 0 Å². The molecular formula is C20H17ClF2N2O3. The van der Waals surface area contributed by atoms with Crippen molar-refractivity contribution in [2.24, 2.45) is 0 Å². The molecule has 1 aliphatic rings. The molecule has 1 fully saturated rings. The molecule has 0 radical (unpaired) electrons. The predicted octanol–water partition coefficient (Wildman–Crippen LogP) is 4.68. The molecular weight excluding hydrogens is 390 g/mol. The van der Waals surface area contributed by atoms with Gasteiger partial charge < -0.3 is 14.1 Å². The second-order valence-corrected chi connectivity index (χ2v) is 7.31. The zero-order chi connectivity index (χ0) is 20.0. The first kappa shape index (κ1) is 18.8. The molecule has 2 aromatic heterocycles. The molecule has 1 aliphatic heterocycles. The van der Waals surface area contributed by atoms with Gasteiger partial charge in [-0.2, -0.15) is 0 Å². The Morgan fingerprint density at radius 1 is 1.18 bits per heavy atom. The van der Waals surface area contributed by atoms with Gasteiger partial charge in [-0.3, -0.25) is 9.78 Å². The van der Waals surface area contributed by atoms with Gasteiger partial charge in [-0.15, -0.1) is 0 Å². The maximum absolute atomic E-state index is 14.7. The minimum atomic E-state index is -0.952. The maximum Gasteiger partial charge on any atom is 0.260 e. The number of carbonyl (C=O) groups is 1. The van der Waals surface area contributed by atoms with Crippen molar-refractivity contribution < 1.29 is 22.7 Å². The Bertz CT molecular complexity index is 1040. The van der Waals surface area contributed by atoms with Crippen LogP contribution in [0.1, 0.15) is 24.2 Å². The van der Waals surface area contributed by atoms with Crippen molar-refractivity contribution in [1.82, 2.24) is 9.88 Å². The van der Waals surface area contributed by atoms with Gasteiger partial charge in [0.25, 0.3) is 5.91 Å². The number of halogens is 3. The number of carbonyl (C=O) groups excluding carboxylic acids is 1. The molecule has 1 saturated heterocycles. The van der Waals surface area contributed by atoms with E-state index in [0.717, 1.165) is 12.1 Å². The number of amides is 1. The number of ether oxygens (including phenoxy) is 1. The van der Waals surface area contributed by atoms with Gasteiger partial charge in [0.1, 0.15) is 28.5 Å². The van der Waals surface area contributed by atoms with Crippen molar-refractivity contribution in [3.63, 3.8) is 0 Å². The molecule has 0 unspecified atom stereocenters. The quantitative estimate of drug-likeness (QED) is 0.620. The molecule has 0 N–H and O–H groups in total. The number of pyridine rings is 1. The van der Waals surface area contributed by atoms with E-state index in [1.165, 1.54) is 11.1 Å². The predicted molar refractivity (Wildman–Crippen MR) is 100 cm³/mol. The SMILES string of the molecule is C[C@@H]1CN(C(=O)c2c(F)cc(-c3cc4nccc(Cl)c4o3)cc2F)C[C@H](C)O1. The van der Waals surface area contributed by atoms with E-state index in [1.54, 1.807) is 12.1 Å². The summed E-state index contributed by atoms with van der Waals surface area (Å²) in [6.45, 7) is 4.17. The number of aromatic nitrogens is 1. The van der Waals surface area contributed by atoms with Gasteiger partial charge in [-0.25, -0.2) is 8.78 Å². The highest BCUT2D eigenvalue weighted by atomic mass is 35.5. The van der Waals surface area contributed by atoms with E-state index in [2.05, 4.69) is 4.98 Å². The molecule has 8 heteroatoms. The third-order valence-electron chi connectivity index (χ3n) is 4.61. The van der Waals surface area contributed by atoms with Crippen LogP contribution in [0.5, 0.6) is 0 Å². The molecule has 5 nitrogen and oxygen atoms in total. The topological polar surface area (TPSA) is 55.6 Å². The second kappa shape index (κ2) is 7.14. The Morgan fingerprint density at radius 2 is 1.82 bits per heavy atom. The standard InChI is InChI=1S/C20H17ClF2N2O3/c1-10-8-25(9-11(2)27-10)20(26)18-14(22)5-12(6-15(18)23)17-7-16-19(28-17)13(21)3-4-24-16/h3-7,10-11H,8-9H2,1-2H3/t10-,11+. The van der Waals surface area contributed by atoms with Crippen LogP contribution in [0.15, 0.2) is 34.9 Å². The number of hydrogen-bond donors (Lipinski definition) is 0. The van der Waals surface area contributed by atoms with E-state index in [9.17, 15) is 13.6 Å². The maximum atomic E-state index is 14.7. The van der Waals surface area contributed by atoms with Crippen molar-refractivity contribution in [1.29, 1.82) is 0 Å². The summed E-state index contributed by atoms with van der Waals surface area (Å²) < 4.78 is 40.6. The molecule has 146 valence electrons. The summed E-state index contributed by atoms with van der Waals surface area (Å²) >= 11 is 6.05. The zero-order valence-corrected chi connectivity index (χ0v) is 16.0. The first-order valence-electron chi connectivity index (χ1n) is 8.81. The molecule has 1 aromatic carbocycles. The number of rotatable bonds is 2. The molecule has 0 aliphatic carbocycles. The van der Waals surface area contributed by atoms with E-state index in [1.807, 2.05) is 13.8 Å². The molecule has 3 heterocycles. The number of benzene rings is 1. The van der Waals surface area contributed by atoms with Crippen LogP contribution in [0.25, 0.3) is 22.4 Å². The molecule has 28 heavy (non-hydrogen) atoms. The number of fused-ring (bicyclic) bond motifs is 1. The van der Waals surface area contributed by atoms with Gasteiger partial charge in [0, 0.05) is 30.9 Å². The van der Waals surface area contributed by atoms with Gasteiger partial charge in [-0.1, -0.05) is 11.6 Å². The lowest BCUT2D eigenvalue weighted by Gasteiger charge is -2.35. The lowest BCUT2D eigenvalue weighted by molar-refractivity contribution is -0.0588. The van der Waals surface area contributed by atoms with Crippen molar-refractivity contribution >= 4 is 28.6 Å². The van der Waals surface area contributed by atoms with Crippen LogP contribution in [0.4, 0.5) is 8.78 Å². The average molecular weight is 407 g/mol. The van der Waals surface area contributed by atoms with Crippen LogP contribution in [0, 0.1) is 11.6 Å². The summed E-state index contributed by atoms with van der Waals surface area (Å²) in [6.07, 6.45) is 1.11. The number of furan rings is 1. The van der Waals surface area contributed by atoms with Crippen molar-refractivity contribution in [2.75, 3.05) is 13.1 Å². The summed E-state index contributed by atoms with van der Waals surface area (Å²) in [4.78, 5) is 18.2. The van der Waals surface area contributed by atoms with E-state index >= 15 is 0 Å². The smallest absolute Gasteiger partial charge is 0.260 e. The van der Waals surface area contributed by atoms with Gasteiger partial charge in [-0.05, 0) is 32.0 Å². The molecule has 0 spiro atoms. The number of morpholine rings is 1. The van der Waals surface area contributed by atoms with E-state index in [4.69, 9.17) is 20.8 Å². The highest BCUT2D eigenvalue weighted by molar-refractivity contribution is 6.34. The van der Waals surface area contributed by atoms with Crippen LogP contribution >= 0.6 is 11.6 Å². The van der Waals surface area contributed by atoms with Gasteiger partial charge in [0.2, 0.25) is 0 Å². The summed E-state index contributed by atoms with van der Waals surface area (Å²) in [5.41, 5.74) is 0.373. The molecule has 4 rings (SSSR count). The fraction of sp³-hybridized carbons (Fsp3) is 0.300. The van der Waals surface area contributed by atoms with E-state index < -0.39 is 23.1 Å². The Balaban J connectivity index is 1.70. The third kappa shape index (κ3) is 3.36. The summed E-state index contributed by atoms with van der Waals surface area (Å²) in [6, 6.07) is 5.26. The van der Waals surface area contributed by atoms with Crippen molar-refractivity contribution in [3.8, 4) is 11.3 Å². The van der Waals surface area contributed by atoms with E-state index in [-0.39, 0.29) is 36.6 Å². The van der Waals surface area contributed by atoms with Crippen LogP contribution in [-0.4, -0.2) is 41.1 Å². The number of nitrogens with zero attached hydrogens (tertiary/aromatic N) is 2. The first-order valence-corrected chi connectivity index (χ1v) is 9.19. The normalized spacial score (nSPS) is 20.0. The fourth-order valence-corrected chi connectivity index (χ4v) is 3.66. The van der Waals surface area contributed by atoms with Crippen LogP contribution in [0.3, 0.4) is 0 Å². The highest BCUT2D eigenvalue weighted by Gasteiger charge is 2.30. The average Bonchev–Trinajstić information content (AvgIpc) is 3.06. The Hall–Kier alpha value is -2.51.